The molecule has 2 aliphatic heterocycles. The van der Waals surface area contributed by atoms with Crippen molar-refractivity contribution in [1.29, 1.82) is 0 Å². The van der Waals surface area contributed by atoms with Gasteiger partial charge in [0.25, 0.3) is 5.91 Å². The Morgan fingerprint density at radius 3 is 2.34 bits per heavy atom. The molecule has 1 atom stereocenters. The van der Waals surface area contributed by atoms with Gasteiger partial charge in [0.1, 0.15) is 6.61 Å². The maximum Gasteiger partial charge on any atom is 0.410 e. The Kier molecular flexibility index (Phi) is 5.39. The fraction of sp³-hybridized carbons (Fsp3) is 0.259. The van der Waals surface area contributed by atoms with Gasteiger partial charge in [-0.25, -0.2) is 4.79 Å². The first-order valence-corrected chi connectivity index (χ1v) is 11.0. The molecule has 3 aromatic rings. The highest BCUT2D eigenvalue weighted by Gasteiger charge is 2.29. The lowest BCUT2D eigenvalue weighted by Gasteiger charge is -2.35. The zero-order chi connectivity index (χ0) is 22.1. The lowest BCUT2D eigenvalue weighted by Crippen LogP contribution is -2.42. The van der Waals surface area contributed by atoms with E-state index in [4.69, 9.17) is 4.74 Å². The van der Waals surface area contributed by atoms with Crippen molar-refractivity contribution in [2.24, 2.45) is 0 Å². The standard InChI is InChI=1S/C27H26N2O3/c1-19-13-21-9-5-6-10-23(21)17-29(19)26(30)22-11-12-24-15-28(16-25(24)14-22)27(31)32-18-20-7-3-2-4-8-20/h2-12,14,19H,13,15-18H2,1H3/t19-/m1/s1. The third kappa shape index (κ3) is 3.98. The topological polar surface area (TPSA) is 49.9 Å². The van der Waals surface area contributed by atoms with Gasteiger partial charge in [-0.3, -0.25) is 9.69 Å². The average Bonchev–Trinajstić information content (AvgIpc) is 3.26. The van der Waals surface area contributed by atoms with E-state index in [0.29, 0.717) is 25.2 Å². The van der Waals surface area contributed by atoms with Gasteiger partial charge in [0.2, 0.25) is 0 Å². The molecule has 3 aromatic carbocycles. The molecule has 32 heavy (non-hydrogen) atoms. The molecule has 162 valence electrons. The number of carbonyl (C=O) groups is 2. The monoisotopic (exact) mass is 426 g/mol. The third-order valence-corrected chi connectivity index (χ3v) is 6.41. The molecule has 2 heterocycles. The molecule has 0 saturated heterocycles. The summed E-state index contributed by atoms with van der Waals surface area (Å²) in [6, 6.07) is 23.9. The van der Waals surface area contributed by atoms with Gasteiger partial charge in [-0.15, -0.1) is 0 Å². The Hall–Kier alpha value is -3.60. The maximum absolute atomic E-state index is 13.3. The molecule has 5 rings (SSSR count). The molecular weight excluding hydrogens is 400 g/mol. The first-order chi connectivity index (χ1) is 15.6. The molecule has 0 aliphatic carbocycles. The molecule has 0 saturated carbocycles. The van der Waals surface area contributed by atoms with E-state index in [-0.39, 0.29) is 24.6 Å². The largest absolute Gasteiger partial charge is 0.445 e. The Morgan fingerprint density at radius 1 is 0.844 bits per heavy atom. The van der Waals surface area contributed by atoms with Crippen LogP contribution < -0.4 is 0 Å². The quantitative estimate of drug-likeness (QED) is 0.597. The summed E-state index contributed by atoms with van der Waals surface area (Å²) in [6.07, 6.45) is 0.535. The highest BCUT2D eigenvalue weighted by atomic mass is 16.6. The van der Waals surface area contributed by atoms with E-state index in [1.165, 1.54) is 11.1 Å². The first-order valence-electron chi connectivity index (χ1n) is 11.0. The number of hydrogen-bond donors (Lipinski definition) is 0. The van der Waals surface area contributed by atoms with E-state index in [1.54, 1.807) is 4.90 Å². The normalized spacial score (nSPS) is 17.0. The van der Waals surface area contributed by atoms with Crippen LogP contribution in [0.2, 0.25) is 0 Å². The summed E-state index contributed by atoms with van der Waals surface area (Å²) in [4.78, 5) is 29.5. The van der Waals surface area contributed by atoms with Crippen molar-refractivity contribution in [3.05, 3.63) is 106 Å². The lowest BCUT2D eigenvalue weighted by molar-refractivity contribution is 0.0658. The van der Waals surface area contributed by atoms with Crippen LogP contribution in [0.4, 0.5) is 4.79 Å². The summed E-state index contributed by atoms with van der Waals surface area (Å²) >= 11 is 0. The molecule has 0 radical (unpaired) electrons. The van der Waals surface area contributed by atoms with Crippen LogP contribution in [0.25, 0.3) is 0 Å². The number of hydrogen-bond acceptors (Lipinski definition) is 3. The minimum atomic E-state index is -0.334. The van der Waals surface area contributed by atoms with Gasteiger partial charge in [0.05, 0.1) is 0 Å². The highest BCUT2D eigenvalue weighted by Crippen LogP contribution is 2.28. The minimum absolute atomic E-state index is 0.0416. The molecule has 0 unspecified atom stereocenters. The number of benzene rings is 3. The molecule has 0 bridgehead atoms. The van der Waals surface area contributed by atoms with E-state index in [0.717, 1.165) is 23.1 Å². The Balaban J connectivity index is 1.26. The van der Waals surface area contributed by atoms with Crippen LogP contribution >= 0.6 is 0 Å². The second-order valence-electron chi connectivity index (χ2n) is 8.63. The van der Waals surface area contributed by atoms with Crippen LogP contribution in [-0.2, 0) is 37.4 Å². The van der Waals surface area contributed by atoms with E-state index in [1.807, 2.05) is 59.5 Å². The van der Waals surface area contributed by atoms with Crippen molar-refractivity contribution in [2.45, 2.75) is 45.6 Å². The van der Waals surface area contributed by atoms with Crippen LogP contribution in [-0.4, -0.2) is 27.8 Å². The van der Waals surface area contributed by atoms with Crippen LogP contribution in [0.5, 0.6) is 0 Å². The fourth-order valence-corrected chi connectivity index (χ4v) is 4.58. The maximum atomic E-state index is 13.3. The molecule has 2 aliphatic rings. The molecule has 5 heteroatoms. The number of amides is 2. The van der Waals surface area contributed by atoms with Crippen molar-refractivity contribution in [2.75, 3.05) is 0 Å². The number of ether oxygens (including phenoxy) is 1. The second-order valence-corrected chi connectivity index (χ2v) is 8.63. The van der Waals surface area contributed by atoms with E-state index >= 15 is 0 Å². The van der Waals surface area contributed by atoms with Crippen molar-refractivity contribution >= 4 is 12.0 Å². The second kappa shape index (κ2) is 8.50. The SMILES string of the molecule is C[C@@H]1Cc2ccccc2CN1C(=O)c1ccc2c(c1)CN(C(=O)OCc1ccccc1)C2. The number of rotatable bonds is 3. The van der Waals surface area contributed by atoms with Crippen molar-refractivity contribution in [1.82, 2.24) is 9.80 Å². The molecule has 0 aromatic heterocycles. The smallest absolute Gasteiger partial charge is 0.410 e. The molecule has 0 N–H and O–H groups in total. The van der Waals surface area contributed by atoms with Crippen molar-refractivity contribution in [3.8, 4) is 0 Å². The summed E-state index contributed by atoms with van der Waals surface area (Å²) in [5, 5.41) is 0. The molecule has 5 nitrogen and oxygen atoms in total. The Labute approximate surface area is 188 Å². The van der Waals surface area contributed by atoms with Crippen molar-refractivity contribution in [3.63, 3.8) is 0 Å². The predicted octanol–water partition coefficient (Wildman–Crippen LogP) is 4.93. The van der Waals surface area contributed by atoms with E-state index < -0.39 is 0 Å². The van der Waals surface area contributed by atoms with Crippen LogP contribution in [0.1, 0.15) is 45.1 Å². The summed E-state index contributed by atoms with van der Waals surface area (Å²) in [5.74, 6) is 0.0416. The van der Waals surface area contributed by atoms with Gasteiger partial charge < -0.3 is 9.64 Å². The number of carbonyl (C=O) groups excluding carboxylic acids is 2. The Morgan fingerprint density at radius 2 is 1.53 bits per heavy atom. The van der Waals surface area contributed by atoms with Gasteiger partial charge in [-0.1, -0.05) is 60.7 Å². The first kappa shape index (κ1) is 20.3. The lowest BCUT2D eigenvalue weighted by atomic mass is 9.94. The van der Waals surface area contributed by atoms with Gasteiger partial charge in [-0.2, -0.15) is 0 Å². The zero-order valence-corrected chi connectivity index (χ0v) is 18.2. The van der Waals surface area contributed by atoms with Crippen LogP contribution in [0.15, 0.2) is 72.8 Å². The van der Waals surface area contributed by atoms with E-state index in [2.05, 4.69) is 25.1 Å². The van der Waals surface area contributed by atoms with Crippen LogP contribution in [0.3, 0.4) is 0 Å². The predicted molar refractivity (Wildman–Crippen MR) is 122 cm³/mol. The summed E-state index contributed by atoms with van der Waals surface area (Å²) in [6.45, 7) is 3.95. The average molecular weight is 427 g/mol. The number of fused-ring (bicyclic) bond motifs is 2. The Bertz CT molecular complexity index is 1160. The summed E-state index contributed by atoms with van der Waals surface area (Å²) in [7, 11) is 0. The summed E-state index contributed by atoms with van der Waals surface area (Å²) < 4.78 is 5.48. The van der Waals surface area contributed by atoms with Gasteiger partial charge in [-0.05, 0) is 53.3 Å². The fourth-order valence-electron chi connectivity index (χ4n) is 4.58. The summed E-state index contributed by atoms with van der Waals surface area (Å²) in [5.41, 5.74) is 6.25. The van der Waals surface area contributed by atoms with Crippen molar-refractivity contribution < 1.29 is 14.3 Å². The van der Waals surface area contributed by atoms with Gasteiger partial charge in [0, 0.05) is 31.2 Å². The van der Waals surface area contributed by atoms with Gasteiger partial charge in [0.15, 0.2) is 0 Å². The zero-order valence-electron chi connectivity index (χ0n) is 18.2. The van der Waals surface area contributed by atoms with Gasteiger partial charge >= 0.3 is 6.09 Å². The molecular formula is C27H26N2O3. The van der Waals surface area contributed by atoms with Crippen LogP contribution in [0, 0.1) is 0 Å². The minimum Gasteiger partial charge on any atom is -0.445 e. The third-order valence-electron chi connectivity index (χ3n) is 6.41. The number of nitrogens with zero attached hydrogens (tertiary/aromatic N) is 2. The molecule has 2 amide bonds. The molecule has 0 spiro atoms. The highest BCUT2D eigenvalue weighted by molar-refractivity contribution is 5.95. The van der Waals surface area contributed by atoms with E-state index in [9.17, 15) is 9.59 Å². The molecule has 0 fully saturated rings.